The van der Waals surface area contributed by atoms with Crippen LogP contribution in [0.15, 0.2) is 97.2 Å². The lowest BCUT2D eigenvalue weighted by atomic mass is 10.1. The van der Waals surface area contributed by atoms with Gasteiger partial charge in [-0.05, 0) is 116 Å². The van der Waals surface area contributed by atoms with Crippen LogP contribution in [0.2, 0.25) is 0 Å². The Labute approximate surface area is 569 Å². The Morgan fingerprint density at radius 3 is 0.947 bits per heavy atom. The fourth-order valence-corrected chi connectivity index (χ4v) is 11.0. The fourth-order valence-electron chi connectivity index (χ4n) is 9.44. The van der Waals surface area contributed by atoms with Gasteiger partial charge in [0.05, 0.1) is 26.4 Å². The van der Waals surface area contributed by atoms with E-state index in [9.17, 15) is 43.2 Å². The van der Waals surface area contributed by atoms with Crippen LogP contribution in [0.25, 0.3) is 0 Å². The summed E-state index contributed by atoms with van der Waals surface area (Å²) in [6, 6.07) is 0. The van der Waals surface area contributed by atoms with Gasteiger partial charge in [-0.3, -0.25) is 37.3 Å². The number of phosphoric acid groups is 2. The molecule has 0 aliphatic carbocycles. The number of esters is 4. The molecule has 5 unspecified atom stereocenters. The number of aliphatic hydroxyl groups excluding tert-OH is 1. The minimum absolute atomic E-state index is 0.0815. The minimum Gasteiger partial charge on any atom is -0.462 e. The second-order valence-electron chi connectivity index (χ2n) is 24.2. The topological polar surface area (TPSA) is 237 Å². The standard InChI is InChI=1S/C75H130O17P2/c1-5-9-13-17-21-25-29-31-32-33-34-35-36-38-42-44-48-52-56-60-73(78)86-66-71(92-75(80)62-58-54-50-46-40-28-24-20-16-12-8-4)68-90-94(83,84)88-64-69(76)63-87-93(81,82)89-67-70(91-74(79)61-57-53-49-45-39-27-23-19-15-11-7-3)65-85-72(77)59-55-51-47-43-41-37-30-26-22-18-14-10-6-2/h9,13-14,18-19,21,23,25-26,30-32,34-35,38,42,69-71,76H,5-8,10-12,15-17,20,22,24,27-29,33,36-37,39-41,43-68H2,1-4H3,(H,81,82)(H,83,84)/b13-9-,18-14-,23-19-,25-21-,30-26-,32-31-,35-34-,42-38-. The van der Waals surface area contributed by atoms with E-state index in [1.165, 1.54) is 51.4 Å². The molecule has 0 aromatic rings. The molecule has 94 heavy (non-hydrogen) atoms. The fraction of sp³-hybridized carbons (Fsp3) is 0.733. The highest BCUT2D eigenvalue weighted by molar-refractivity contribution is 7.47. The summed E-state index contributed by atoms with van der Waals surface area (Å²) in [4.78, 5) is 72.6. The Morgan fingerprint density at radius 2 is 0.585 bits per heavy atom. The zero-order valence-electron chi connectivity index (χ0n) is 58.9. The van der Waals surface area contributed by atoms with Crippen molar-refractivity contribution in [2.45, 2.75) is 316 Å². The highest BCUT2D eigenvalue weighted by Gasteiger charge is 2.30. The number of carbonyl (C=O) groups is 4. The molecule has 0 saturated carbocycles. The highest BCUT2D eigenvalue weighted by atomic mass is 31.2. The maximum absolute atomic E-state index is 13.0. The normalized spacial score (nSPS) is 14.6. The van der Waals surface area contributed by atoms with Crippen LogP contribution in [-0.4, -0.2) is 96.7 Å². The summed E-state index contributed by atoms with van der Waals surface area (Å²) in [6.07, 6.45) is 68.5. The molecular weight excluding hydrogens is 1230 g/mol. The molecule has 0 bridgehead atoms. The number of unbranched alkanes of at least 4 members (excludes halogenated alkanes) is 26. The summed E-state index contributed by atoms with van der Waals surface area (Å²) in [7, 11) is -9.94. The monoisotopic (exact) mass is 1360 g/mol. The number of phosphoric ester groups is 2. The first kappa shape index (κ1) is 90.0. The van der Waals surface area contributed by atoms with Crippen molar-refractivity contribution >= 4 is 39.5 Å². The van der Waals surface area contributed by atoms with Crippen LogP contribution in [-0.2, 0) is 65.4 Å². The zero-order valence-corrected chi connectivity index (χ0v) is 60.7. The Balaban J connectivity index is 5.31. The molecule has 0 amide bonds. The zero-order chi connectivity index (χ0) is 69.0. The molecule has 0 aromatic heterocycles. The molecule has 0 radical (unpaired) electrons. The lowest BCUT2D eigenvalue weighted by Gasteiger charge is -2.21. The van der Waals surface area contributed by atoms with Gasteiger partial charge in [0.25, 0.3) is 0 Å². The van der Waals surface area contributed by atoms with E-state index in [-0.39, 0.29) is 25.7 Å². The van der Waals surface area contributed by atoms with Crippen molar-refractivity contribution in [3.8, 4) is 0 Å². The first-order valence-electron chi connectivity index (χ1n) is 36.5. The Hall–Kier alpha value is -4.02. The molecule has 0 aliphatic rings. The summed E-state index contributed by atoms with van der Waals surface area (Å²) < 4.78 is 68.2. The number of hydrogen-bond donors (Lipinski definition) is 3. The number of carbonyl (C=O) groups excluding carboxylic acids is 4. The molecule has 0 rings (SSSR count). The average molecular weight is 1370 g/mol. The van der Waals surface area contributed by atoms with Crippen molar-refractivity contribution in [3.63, 3.8) is 0 Å². The lowest BCUT2D eigenvalue weighted by molar-refractivity contribution is -0.161. The molecular formula is C75H130O17P2. The smallest absolute Gasteiger partial charge is 0.462 e. The van der Waals surface area contributed by atoms with Crippen molar-refractivity contribution in [3.05, 3.63) is 97.2 Å². The van der Waals surface area contributed by atoms with E-state index in [1.807, 2.05) is 0 Å². The van der Waals surface area contributed by atoms with Crippen LogP contribution < -0.4 is 0 Å². The van der Waals surface area contributed by atoms with E-state index in [0.717, 1.165) is 167 Å². The number of hydrogen-bond acceptors (Lipinski definition) is 15. The first-order chi connectivity index (χ1) is 45.7. The van der Waals surface area contributed by atoms with Crippen molar-refractivity contribution in [1.29, 1.82) is 0 Å². The van der Waals surface area contributed by atoms with Crippen LogP contribution in [0.1, 0.15) is 297 Å². The molecule has 0 aromatic carbocycles. The first-order valence-corrected chi connectivity index (χ1v) is 39.5. The van der Waals surface area contributed by atoms with E-state index >= 15 is 0 Å². The molecule has 0 aliphatic heterocycles. The third-order valence-corrected chi connectivity index (χ3v) is 16.9. The lowest BCUT2D eigenvalue weighted by Crippen LogP contribution is -2.30. The Kier molecular flexibility index (Phi) is 64.7. The largest absolute Gasteiger partial charge is 0.472 e. The molecule has 0 saturated heterocycles. The van der Waals surface area contributed by atoms with Gasteiger partial charge in [-0.25, -0.2) is 9.13 Å². The second kappa shape index (κ2) is 67.5. The number of allylic oxidation sites excluding steroid dienone is 16. The van der Waals surface area contributed by atoms with Crippen LogP contribution in [0.4, 0.5) is 0 Å². The van der Waals surface area contributed by atoms with Gasteiger partial charge in [0.1, 0.15) is 19.3 Å². The van der Waals surface area contributed by atoms with Crippen molar-refractivity contribution < 1.29 is 80.2 Å². The summed E-state index contributed by atoms with van der Waals surface area (Å²) in [5, 5.41) is 10.6. The molecule has 5 atom stereocenters. The van der Waals surface area contributed by atoms with Crippen molar-refractivity contribution in [1.82, 2.24) is 0 Å². The van der Waals surface area contributed by atoms with Crippen LogP contribution in [0.5, 0.6) is 0 Å². The molecule has 3 N–H and O–H groups in total. The summed E-state index contributed by atoms with van der Waals surface area (Å²) >= 11 is 0. The maximum Gasteiger partial charge on any atom is 0.472 e. The average Bonchev–Trinajstić information content (AvgIpc) is 1.24. The van der Waals surface area contributed by atoms with Gasteiger partial charge in [0, 0.05) is 25.7 Å². The number of aliphatic hydroxyl groups is 1. The van der Waals surface area contributed by atoms with Gasteiger partial charge in [-0.15, -0.1) is 0 Å². The van der Waals surface area contributed by atoms with Crippen LogP contribution in [0.3, 0.4) is 0 Å². The molecule has 19 heteroatoms. The Morgan fingerprint density at radius 1 is 0.309 bits per heavy atom. The molecule has 542 valence electrons. The van der Waals surface area contributed by atoms with Gasteiger partial charge in [-0.1, -0.05) is 253 Å². The molecule has 0 fully saturated rings. The molecule has 0 heterocycles. The highest BCUT2D eigenvalue weighted by Crippen LogP contribution is 2.45. The summed E-state index contributed by atoms with van der Waals surface area (Å²) in [6.45, 7) is 4.58. The maximum atomic E-state index is 13.0. The minimum atomic E-state index is -4.97. The summed E-state index contributed by atoms with van der Waals surface area (Å²) in [5.74, 6) is -2.23. The van der Waals surface area contributed by atoms with Crippen molar-refractivity contribution in [2.75, 3.05) is 39.6 Å². The predicted molar refractivity (Wildman–Crippen MR) is 381 cm³/mol. The van der Waals surface area contributed by atoms with Crippen molar-refractivity contribution in [2.24, 2.45) is 0 Å². The Bertz CT molecular complexity index is 2170. The van der Waals surface area contributed by atoms with E-state index in [0.29, 0.717) is 25.7 Å². The van der Waals surface area contributed by atoms with Gasteiger partial charge in [-0.2, -0.15) is 0 Å². The predicted octanol–water partition coefficient (Wildman–Crippen LogP) is 20.4. The van der Waals surface area contributed by atoms with Crippen LogP contribution >= 0.6 is 15.6 Å². The van der Waals surface area contributed by atoms with Gasteiger partial charge >= 0.3 is 39.5 Å². The number of ether oxygens (including phenoxy) is 4. The second-order valence-corrected chi connectivity index (χ2v) is 27.1. The quantitative estimate of drug-likeness (QED) is 0.0169. The van der Waals surface area contributed by atoms with Gasteiger partial charge in [0.15, 0.2) is 12.2 Å². The SMILES string of the molecule is CC/C=C\C/C=C\C/C=C\C/C=C\C/C=C\CCCCCC(=O)OCC(COP(=O)(O)OCC(O)COP(=O)(O)OCC(COC(=O)CCCCCCC/C=C\C/C=C\CCC)OC(=O)CCCCCCC/C=C\CCCC)OC(=O)CCCCCCCCCCCCC. The van der Waals surface area contributed by atoms with E-state index in [1.54, 1.807) is 0 Å². The van der Waals surface area contributed by atoms with E-state index < -0.39 is 97.5 Å². The molecule has 0 spiro atoms. The summed E-state index contributed by atoms with van der Waals surface area (Å²) in [5.41, 5.74) is 0. The van der Waals surface area contributed by atoms with Gasteiger partial charge < -0.3 is 33.8 Å². The van der Waals surface area contributed by atoms with E-state index in [2.05, 4.69) is 125 Å². The van der Waals surface area contributed by atoms with Gasteiger partial charge in [0.2, 0.25) is 0 Å². The molecule has 17 nitrogen and oxygen atoms in total. The third kappa shape index (κ3) is 66.6. The number of rotatable bonds is 68. The third-order valence-electron chi connectivity index (χ3n) is 15.0. The van der Waals surface area contributed by atoms with E-state index in [4.69, 9.17) is 37.0 Å². The van der Waals surface area contributed by atoms with Crippen LogP contribution in [0, 0.1) is 0 Å².